The number of alkyl halides is 1. The van der Waals surface area contributed by atoms with E-state index in [1.807, 2.05) is 0 Å². The Labute approximate surface area is 89.6 Å². The zero-order valence-electron chi connectivity index (χ0n) is 7.29. The third-order valence-electron chi connectivity index (χ3n) is 1.66. The van der Waals surface area contributed by atoms with Crippen molar-refractivity contribution in [1.82, 2.24) is 5.32 Å². The van der Waals surface area contributed by atoms with Gasteiger partial charge in [-0.3, -0.25) is 9.59 Å². The maximum absolute atomic E-state index is 11.3. The smallest absolute Gasteiger partial charge is 0.251 e. The van der Waals surface area contributed by atoms with Gasteiger partial charge in [0.25, 0.3) is 5.91 Å². The fraction of sp³-hybridized carbons (Fsp3) is 0.111. The lowest BCUT2D eigenvalue weighted by Gasteiger charge is -2.01. The van der Waals surface area contributed by atoms with Crippen LogP contribution in [0.2, 0.25) is 0 Å². The molecule has 0 heterocycles. The van der Waals surface area contributed by atoms with E-state index in [1.54, 1.807) is 12.1 Å². The van der Waals surface area contributed by atoms with Crippen LogP contribution in [0, 0.1) is 0 Å². The molecule has 0 spiro atoms. The minimum Gasteiger partial charge on any atom is -0.366 e. The summed E-state index contributed by atoms with van der Waals surface area (Å²) >= 11 is 3.08. The average Bonchev–Trinajstić information content (AvgIpc) is 2.18. The van der Waals surface area contributed by atoms with Gasteiger partial charge in [0.1, 0.15) is 0 Å². The van der Waals surface area contributed by atoms with Crippen molar-refractivity contribution in [2.45, 2.75) is 0 Å². The van der Waals surface area contributed by atoms with E-state index in [1.165, 1.54) is 12.1 Å². The van der Waals surface area contributed by atoms with Gasteiger partial charge < -0.3 is 11.1 Å². The van der Waals surface area contributed by atoms with Gasteiger partial charge in [0.2, 0.25) is 5.91 Å². The number of carbonyl (C=O) groups is 2. The molecule has 0 aliphatic heterocycles. The van der Waals surface area contributed by atoms with Crippen LogP contribution in [0.5, 0.6) is 0 Å². The van der Waals surface area contributed by atoms with E-state index in [-0.39, 0.29) is 5.91 Å². The van der Waals surface area contributed by atoms with E-state index >= 15 is 0 Å². The second-order valence-electron chi connectivity index (χ2n) is 2.58. The zero-order chi connectivity index (χ0) is 10.6. The first kappa shape index (κ1) is 10.7. The third kappa shape index (κ3) is 2.56. The number of benzene rings is 1. The largest absolute Gasteiger partial charge is 0.366 e. The van der Waals surface area contributed by atoms with Crippen molar-refractivity contribution in [3.05, 3.63) is 35.4 Å². The summed E-state index contributed by atoms with van der Waals surface area (Å²) in [6.45, 7) is 0. The Kier molecular flexibility index (Phi) is 3.64. The summed E-state index contributed by atoms with van der Waals surface area (Å²) in [6.07, 6.45) is 0. The molecule has 0 bridgehead atoms. The van der Waals surface area contributed by atoms with Gasteiger partial charge in [0.05, 0.1) is 5.45 Å². The Morgan fingerprint density at radius 2 is 1.71 bits per heavy atom. The van der Waals surface area contributed by atoms with E-state index < -0.39 is 5.91 Å². The number of primary amides is 1. The molecule has 0 radical (unpaired) electrons. The summed E-state index contributed by atoms with van der Waals surface area (Å²) in [5, 5.41) is 2.57. The first-order valence-corrected chi connectivity index (χ1v) is 5.01. The van der Waals surface area contributed by atoms with Gasteiger partial charge in [-0.05, 0) is 24.3 Å². The molecule has 0 fully saturated rings. The van der Waals surface area contributed by atoms with Crippen molar-refractivity contribution in [3.8, 4) is 0 Å². The molecule has 0 atom stereocenters. The molecule has 1 rings (SSSR count). The van der Waals surface area contributed by atoms with Crippen molar-refractivity contribution in [2.75, 3.05) is 5.45 Å². The number of nitrogens with one attached hydrogen (secondary N) is 1. The molecule has 0 aromatic heterocycles. The first-order valence-electron chi connectivity index (χ1n) is 3.89. The highest BCUT2D eigenvalue weighted by molar-refractivity contribution is 9.09. The molecule has 2 amide bonds. The van der Waals surface area contributed by atoms with Crippen LogP contribution in [-0.4, -0.2) is 17.3 Å². The molecule has 1 aromatic carbocycles. The van der Waals surface area contributed by atoms with Crippen molar-refractivity contribution in [2.24, 2.45) is 5.73 Å². The van der Waals surface area contributed by atoms with E-state index in [0.29, 0.717) is 16.6 Å². The topological polar surface area (TPSA) is 72.2 Å². The molecule has 0 unspecified atom stereocenters. The minimum atomic E-state index is -0.502. The van der Waals surface area contributed by atoms with E-state index in [2.05, 4.69) is 21.2 Å². The summed E-state index contributed by atoms with van der Waals surface area (Å²) in [5.41, 5.74) is 6.33. The van der Waals surface area contributed by atoms with Gasteiger partial charge in [-0.1, -0.05) is 15.9 Å². The van der Waals surface area contributed by atoms with Crippen LogP contribution in [0.4, 0.5) is 0 Å². The zero-order valence-corrected chi connectivity index (χ0v) is 8.87. The van der Waals surface area contributed by atoms with Gasteiger partial charge in [-0.25, -0.2) is 0 Å². The van der Waals surface area contributed by atoms with E-state index in [9.17, 15) is 9.59 Å². The summed E-state index contributed by atoms with van der Waals surface area (Å²) in [4.78, 5) is 22.0. The quantitative estimate of drug-likeness (QED) is 0.622. The molecule has 1 aromatic rings. The van der Waals surface area contributed by atoms with Crippen LogP contribution in [0.25, 0.3) is 0 Å². The molecular weight excluding hydrogens is 248 g/mol. The normalized spacial score (nSPS) is 9.50. The monoisotopic (exact) mass is 256 g/mol. The lowest BCUT2D eigenvalue weighted by atomic mass is 10.1. The summed E-state index contributed by atoms with van der Waals surface area (Å²) < 4.78 is 0. The average molecular weight is 257 g/mol. The lowest BCUT2D eigenvalue weighted by Crippen LogP contribution is -2.21. The molecule has 3 N–H and O–H groups in total. The number of nitrogens with two attached hydrogens (primary N) is 1. The summed E-state index contributed by atoms with van der Waals surface area (Å²) in [7, 11) is 0. The number of carbonyl (C=O) groups excluding carboxylic acids is 2. The van der Waals surface area contributed by atoms with Crippen molar-refractivity contribution >= 4 is 27.7 Å². The van der Waals surface area contributed by atoms with Gasteiger partial charge in [0.15, 0.2) is 0 Å². The summed E-state index contributed by atoms with van der Waals surface area (Å²) in [6, 6.07) is 6.15. The minimum absolute atomic E-state index is 0.196. The molecule has 74 valence electrons. The number of halogens is 1. The van der Waals surface area contributed by atoms with Gasteiger partial charge in [-0.2, -0.15) is 0 Å². The Hall–Kier alpha value is -1.36. The molecular formula is C9H9BrN2O2. The Bertz CT molecular complexity index is 348. The highest BCUT2D eigenvalue weighted by atomic mass is 79.9. The molecule has 14 heavy (non-hydrogen) atoms. The molecule has 0 saturated carbocycles. The molecule has 0 aliphatic carbocycles. The molecule has 0 aliphatic rings. The fourth-order valence-corrected chi connectivity index (χ4v) is 1.20. The SMILES string of the molecule is NC(=O)c1ccc(C(=O)NCBr)cc1. The summed E-state index contributed by atoms with van der Waals surface area (Å²) in [5.74, 6) is -0.699. The maximum atomic E-state index is 11.3. The molecule has 5 heteroatoms. The Balaban J connectivity index is 2.83. The van der Waals surface area contributed by atoms with Gasteiger partial charge in [-0.15, -0.1) is 0 Å². The van der Waals surface area contributed by atoms with E-state index in [0.717, 1.165) is 0 Å². The van der Waals surface area contributed by atoms with Crippen LogP contribution >= 0.6 is 15.9 Å². The van der Waals surface area contributed by atoms with Crippen LogP contribution < -0.4 is 11.1 Å². The van der Waals surface area contributed by atoms with Crippen LogP contribution in [-0.2, 0) is 0 Å². The standard InChI is InChI=1S/C9H9BrN2O2/c10-5-12-9(14)7-3-1-6(2-4-7)8(11)13/h1-4H,5H2,(H2,11,13)(H,12,14). The fourth-order valence-electron chi connectivity index (χ4n) is 0.949. The molecule has 0 saturated heterocycles. The lowest BCUT2D eigenvalue weighted by molar-refractivity contribution is 0.0958. The Morgan fingerprint density at radius 3 is 2.14 bits per heavy atom. The molecule has 4 nitrogen and oxygen atoms in total. The van der Waals surface area contributed by atoms with E-state index in [4.69, 9.17) is 5.73 Å². The van der Waals surface area contributed by atoms with Gasteiger partial charge in [0, 0.05) is 11.1 Å². The third-order valence-corrected chi connectivity index (χ3v) is 1.94. The highest BCUT2D eigenvalue weighted by Crippen LogP contribution is 2.03. The predicted molar refractivity (Wildman–Crippen MR) is 56.2 cm³/mol. The second kappa shape index (κ2) is 4.76. The number of hydrogen-bond donors (Lipinski definition) is 2. The predicted octanol–water partition coefficient (Wildman–Crippen LogP) is 0.868. The number of rotatable bonds is 3. The van der Waals surface area contributed by atoms with Crippen molar-refractivity contribution in [1.29, 1.82) is 0 Å². The van der Waals surface area contributed by atoms with Crippen molar-refractivity contribution in [3.63, 3.8) is 0 Å². The van der Waals surface area contributed by atoms with Gasteiger partial charge >= 0.3 is 0 Å². The van der Waals surface area contributed by atoms with Crippen LogP contribution in [0.15, 0.2) is 24.3 Å². The van der Waals surface area contributed by atoms with Crippen LogP contribution in [0.3, 0.4) is 0 Å². The number of amides is 2. The highest BCUT2D eigenvalue weighted by Gasteiger charge is 2.05. The second-order valence-corrected chi connectivity index (χ2v) is 3.14. The maximum Gasteiger partial charge on any atom is 0.251 e. The Morgan fingerprint density at radius 1 is 1.21 bits per heavy atom. The first-order chi connectivity index (χ1) is 6.65. The van der Waals surface area contributed by atoms with Crippen molar-refractivity contribution < 1.29 is 9.59 Å². The van der Waals surface area contributed by atoms with Crippen LogP contribution in [0.1, 0.15) is 20.7 Å². The number of hydrogen-bond acceptors (Lipinski definition) is 2.